The fourth-order valence-corrected chi connectivity index (χ4v) is 0.676. The van der Waals surface area contributed by atoms with Crippen molar-refractivity contribution in [2.75, 3.05) is 7.11 Å². The number of ether oxygens (including phenoxy) is 1. The Morgan fingerprint density at radius 2 is 1.79 bits per heavy atom. The second-order valence-electron chi connectivity index (χ2n) is 2.42. The highest BCUT2D eigenvalue weighted by Crippen LogP contribution is 2.34. The average molecular weight is 216 g/mol. The molecule has 0 aliphatic heterocycles. The number of carboxylic acid groups (broad SMARTS) is 1. The van der Waals surface area contributed by atoms with Gasteiger partial charge in [-0.25, -0.2) is 4.79 Å². The van der Waals surface area contributed by atoms with E-state index in [-0.39, 0.29) is 0 Å². The summed E-state index contributed by atoms with van der Waals surface area (Å²) < 4.78 is 39.9. The molecule has 0 aromatic rings. The van der Waals surface area contributed by atoms with Gasteiger partial charge in [-0.1, -0.05) is 0 Å². The molecule has 0 spiro atoms. The van der Waals surface area contributed by atoms with Crippen LogP contribution in [0.5, 0.6) is 0 Å². The Morgan fingerprint density at radius 1 is 1.36 bits per heavy atom. The molecule has 0 amide bonds. The molecule has 0 aromatic carbocycles. The minimum absolute atomic E-state index is 0.612. The summed E-state index contributed by atoms with van der Waals surface area (Å²) in [4.78, 5) is 20.6. The van der Waals surface area contributed by atoms with E-state index < -0.39 is 30.1 Å². The predicted molar refractivity (Wildman–Crippen MR) is 35.3 cm³/mol. The van der Waals surface area contributed by atoms with E-state index in [4.69, 9.17) is 10.2 Å². The highest BCUT2D eigenvalue weighted by molar-refractivity contribution is 5.85. The molecule has 0 saturated carbocycles. The van der Waals surface area contributed by atoms with E-state index in [1.165, 1.54) is 0 Å². The maximum absolute atomic E-state index is 12.1. The van der Waals surface area contributed by atoms with Gasteiger partial charge in [0.2, 0.25) is 0 Å². The van der Waals surface area contributed by atoms with E-state index in [0.717, 1.165) is 0 Å². The minimum atomic E-state index is -5.39. The van der Waals surface area contributed by atoms with Gasteiger partial charge < -0.3 is 14.9 Å². The molecule has 0 heterocycles. The molecule has 5 nitrogen and oxygen atoms in total. The monoisotopic (exact) mass is 216 g/mol. The molecule has 0 saturated heterocycles. The van der Waals surface area contributed by atoms with Crippen LogP contribution in [0.15, 0.2) is 0 Å². The van der Waals surface area contributed by atoms with Gasteiger partial charge in [0.25, 0.3) is 5.60 Å². The van der Waals surface area contributed by atoms with Crippen molar-refractivity contribution in [3.63, 3.8) is 0 Å². The summed E-state index contributed by atoms with van der Waals surface area (Å²) in [7, 11) is 0.612. The van der Waals surface area contributed by atoms with Crippen LogP contribution in [0, 0.1) is 0 Å². The van der Waals surface area contributed by atoms with Crippen LogP contribution in [0.1, 0.15) is 6.42 Å². The molecule has 0 rings (SSSR count). The van der Waals surface area contributed by atoms with Crippen LogP contribution < -0.4 is 0 Å². The number of carbonyl (C=O) groups excluding carboxylic acids is 1. The van der Waals surface area contributed by atoms with E-state index in [2.05, 4.69) is 4.74 Å². The first-order chi connectivity index (χ1) is 6.15. The van der Waals surface area contributed by atoms with Crippen LogP contribution in [0.3, 0.4) is 0 Å². The van der Waals surface area contributed by atoms with Gasteiger partial charge in [-0.15, -0.1) is 0 Å². The smallest absolute Gasteiger partial charge is 0.428 e. The lowest BCUT2D eigenvalue weighted by Gasteiger charge is -2.25. The Balaban J connectivity index is 5.05. The van der Waals surface area contributed by atoms with E-state index >= 15 is 0 Å². The number of hydrogen-bond acceptors (Lipinski definition) is 4. The maximum Gasteiger partial charge on any atom is 0.428 e. The van der Waals surface area contributed by atoms with Crippen LogP contribution >= 0.6 is 0 Å². The molecular formula is C6H7F3O5. The average Bonchev–Trinajstić information content (AvgIpc) is 1.99. The second kappa shape index (κ2) is 3.82. The van der Waals surface area contributed by atoms with Crippen LogP contribution in [0.4, 0.5) is 13.2 Å². The zero-order valence-corrected chi connectivity index (χ0v) is 6.96. The summed E-state index contributed by atoms with van der Waals surface area (Å²) in [5.74, 6) is -4.01. The summed E-state index contributed by atoms with van der Waals surface area (Å²) in [5.41, 5.74) is -3.99. The first kappa shape index (κ1) is 12.7. The third-order valence-electron chi connectivity index (χ3n) is 1.40. The highest BCUT2D eigenvalue weighted by Gasteiger charge is 2.61. The van der Waals surface area contributed by atoms with Crippen LogP contribution in [-0.2, 0) is 14.3 Å². The maximum atomic E-state index is 12.1. The SMILES string of the molecule is COC(=O)[C@](O)(CC(=O)O)C(F)(F)F. The topological polar surface area (TPSA) is 83.8 Å². The molecule has 8 heteroatoms. The number of methoxy groups -OCH3 is 1. The fraction of sp³-hybridized carbons (Fsp3) is 0.667. The number of aliphatic hydroxyl groups is 1. The molecule has 2 N–H and O–H groups in total. The molecule has 0 fully saturated rings. The summed E-state index contributed by atoms with van der Waals surface area (Å²) >= 11 is 0. The molecule has 0 aromatic heterocycles. The van der Waals surface area contributed by atoms with E-state index in [9.17, 15) is 22.8 Å². The number of rotatable bonds is 3. The molecular weight excluding hydrogens is 209 g/mol. The summed E-state index contributed by atoms with van der Waals surface area (Å²) in [6.07, 6.45) is -7.18. The van der Waals surface area contributed by atoms with Crippen molar-refractivity contribution in [3.8, 4) is 0 Å². The first-order valence-electron chi connectivity index (χ1n) is 3.24. The zero-order chi connectivity index (χ0) is 11.6. The molecule has 0 bridgehead atoms. The Labute approximate surface area is 76.1 Å². The van der Waals surface area contributed by atoms with Gasteiger partial charge >= 0.3 is 18.1 Å². The van der Waals surface area contributed by atoms with Gasteiger partial charge in [0.1, 0.15) is 0 Å². The van der Waals surface area contributed by atoms with Crippen molar-refractivity contribution in [2.24, 2.45) is 0 Å². The molecule has 0 radical (unpaired) electrons. The normalized spacial score (nSPS) is 15.8. The van der Waals surface area contributed by atoms with Gasteiger partial charge in [-0.2, -0.15) is 13.2 Å². The molecule has 14 heavy (non-hydrogen) atoms. The highest BCUT2D eigenvalue weighted by atomic mass is 19.4. The number of alkyl halides is 3. The van der Waals surface area contributed by atoms with Crippen molar-refractivity contribution in [1.29, 1.82) is 0 Å². The van der Waals surface area contributed by atoms with Gasteiger partial charge in [-0.3, -0.25) is 4.79 Å². The van der Waals surface area contributed by atoms with Crippen molar-refractivity contribution in [2.45, 2.75) is 18.2 Å². The van der Waals surface area contributed by atoms with Gasteiger partial charge in [0, 0.05) is 0 Å². The predicted octanol–water partition coefficient (Wildman–Crippen LogP) is -0.0725. The summed E-state index contributed by atoms with van der Waals surface area (Å²) in [5, 5.41) is 16.9. The summed E-state index contributed by atoms with van der Waals surface area (Å²) in [6.45, 7) is 0. The Kier molecular flexibility index (Phi) is 3.47. The number of halogens is 3. The fourth-order valence-electron chi connectivity index (χ4n) is 0.676. The van der Waals surface area contributed by atoms with Crippen LogP contribution in [0.25, 0.3) is 0 Å². The van der Waals surface area contributed by atoms with Crippen molar-refractivity contribution in [1.82, 2.24) is 0 Å². The number of hydrogen-bond donors (Lipinski definition) is 2. The first-order valence-corrected chi connectivity index (χ1v) is 3.24. The van der Waals surface area contributed by atoms with Crippen molar-refractivity contribution in [3.05, 3.63) is 0 Å². The number of carbonyl (C=O) groups is 2. The van der Waals surface area contributed by atoms with Crippen molar-refractivity contribution >= 4 is 11.9 Å². The lowest BCUT2D eigenvalue weighted by molar-refractivity contribution is -0.263. The zero-order valence-electron chi connectivity index (χ0n) is 6.96. The molecule has 1 atom stereocenters. The van der Waals surface area contributed by atoms with Gasteiger partial charge in [-0.05, 0) is 0 Å². The second-order valence-corrected chi connectivity index (χ2v) is 2.42. The minimum Gasteiger partial charge on any atom is -0.481 e. The van der Waals surface area contributed by atoms with Crippen LogP contribution in [-0.4, -0.2) is 41.0 Å². The Hall–Kier alpha value is -1.31. The summed E-state index contributed by atoms with van der Waals surface area (Å²) in [6, 6.07) is 0. The van der Waals surface area contributed by atoms with Gasteiger partial charge in [0.15, 0.2) is 0 Å². The lowest BCUT2D eigenvalue weighted by Crippen LogP contribution is -2.54. The quantitative estimate of drug-likeness (QED) is 0.645. The number of carboxylic acids is 1. The Bertz CT molecular complexity index is 248. The van der Waals surface area contributed by atoms with E-state index in [0.29, 0.717) is 7.11 Å². The van der Waals surface area contributed by atoms with Gasteiger partial charge in [0.05, 0.1) is 13.5 Å². The standard InChI is InChI=1S/C6H7F3O5/c1-14-4(12)5(13,2-3(10)11)6(7,8)9/h13H,2H2,1H3,(H,10,11)/t5-/m1/s1. The lowest BCUT2D eigenvalue weighted by atomic mass is 9.99. The van der Waals surface area contributed by atoms with E-state index in [1.54, 1.807) is 0 Å². The molecule has 0 aliphatic rings. The third-order valence-corrected chi connectivity index (χ3v) is 1.40. The third kappa shape index (κ3) is 2.34. The van der Waals surface area contributed by atoms with Crippen LogP contribution in [0.2, 0.25) is 0 Å². The number of esters is 1. The molecule has 82 valence electrons. The largest absolute Gasteiger partial charge is 0.481 e. The van der Waals surface area contributed by atoms with E-state index in [1.807, 2.05) is 0 Å². The molecule has 0 unspecified atom stereocenters. The van der Waals surface area contributed by atoms with Crippen molar-refractivity contribution < 1.29 is 37.7 Å². The Morgan fingerprint density at radius 3 is 2.00 bits per heavy atom. The number of aliphatic carboxylic acids is 1. The molecule has 0 aliphatic carbocycles.